The number of rotatable bonds is 7. The lowest BCUT2D eigenvalue weighted by Crippen LogP contribution is -2.69. The van der Waals surface area contributed by atoms with Crippen molar-refractivity contribution in [3.05, 3.63) is 54.2 Å². The molecule has 0 amide bonds. The first-order valence-corrected chi connectivity index (χ1v) is 20.7. The molecule has 5 unspecified atom stereocenters. The van der Waals surface area contributed by atoms with Crippen molar-refractivity contribution in [3.63, 3.8) is 0 Å². The minimum absolute atomic E-state index is 0.0246. The maximum absolute atomic E-state index is 17.5. The standard InChI is InChI=1S/C45H56FO11/c1-24-18-32-31-9-7-26-20-28(48)11-15-40(26,3)44(31,46)35(51)22-42(32,5)45(24,55)36(52)23-57-38(53)56-17-13-34(50)43(54)16-12-30-29-8-6-25-19-27(47)10-14-39(25,2)37(29)33(49)21-41(30,43)4/h10-11,14-15,17,19-20,24,29-33,35,37,49,51,54-55H,6-9,12-13,16,18,21-23H2,1-5H3/t24-,29?,30?,31?,32?,33+,35+,37?,39+,40+,41+,42+,43+,44+,45+/m1/s1. The van der Waals surface area contributed by atoms with Crippen LogP contribution in [0, 0.1) is 63.8 Å². The van der Waals surface area contributed by atoms with Crippen LogP contribution in [0.2, 0.25) is 0 Å². The van der Waals surface area contributed by atoms with Gasteiger partial charge in [0.05, 0.1) is 18.6 Å². The fourth-order valence-corrected chi connectivity index (χ4v) is 14.6. The Kier molecular flexibility index (Phi) is 9.29. The van der Waals surface area contributed by atoms with Crippen molar-refractivity contribution in [1.29, 1.82) is 0 Å². The summed E-state index contributed by atoms with van der Waals surface area (Å²) < 4.78 is 27.7. The molecular weight excluding hydrogens is 735 g/mol. The molecule has 8 rings (SSSR count). The molecule has 11 nitrogen and oxygen atoms in total. The van der Waals surface area contributed by atoms with E-state index in [9.17, 15) is 44.4 Å². The summed E-state index contributed by atoms with van der Waals surface area (Å²) in [7, 11) is 0. The second kappa shape index (κ2) is 13.1. The molecule has 0 heterocycles. The number of fused-ring (bicyclic) bond motifs is 10. The highest BCUT2D eigenvalue weighted by molar-refractivity contribution is 6.02. The number of aliphatic hydroxyl groups excluding tert-OH is 2. The van der Waals surface area contributed by atoms with E-state index in [0.29, 0.717) is 37.7 Å². The maximum atomic E-state index is 17.5. The third-order valence-electron chi connectivity index (χ3n) is 17.5. The predicted molar refractivity (Wildman–Crippen MR) is 202 cm³/mol. The highest BCUT2D eigenvalue weighted by Crippen LogP contribution is 2.71. The molecule has 6 fully saturated rings. The molecule has 6 saturated carbocycles. The quantitative estimate of drug-likeness (QED) is 0.249. The molecule has 0 aromatic carbocycles. The zero-order valence-electron chi connectivity index (χ0n) is 33.5. The van der Waals surface area contributed by atoms with Crippen LogP contribution in [-0.4, -0.2) is 85.4 Å². The molecule has 57 heavy (non-hydrogen) atoms. The second-order valence-corrected chi connectivity index (χ2v) is 19.7. The normalized spacial score (nSPS) is 49.3. The number of carbonyl (C=O) groups excluding carboxylic acids is 5. The second-order valence-electron chi connectivity index (χ2n) is 19.7. The van der Waals surface area contributed by atoms with Crippen LogP contribution in [0.1, 0.15) is 98.8 Å². The first kappa shape index (κ1) is 40.5. The van der Waals surface area contributed by atoms with Crippen molar-refractivity contribution in [3.8, 4) is 0 Å². The van der Waals surface area contributed by atoms with Gasteiger partial charge < -0.3 is 29.9 Å². The molecule has 0 bridgehead atoms. The Hall–Kier alpha value is -3.32. The van der Waals surface area contributed by atoms with Crippen LogP contribution in [-0.2, 0) is 28.7 Å². The average Bonchev–Trinajstić information content (AvgIpc) is 3.53. The van der Waals surface area contributed by atoms with E-state index < -0.39 is 99.2 Å². The summed E-state index contributed by atoms with van der Waals surface area (Å²) >= 11 is 0. The van der Waals surface area contributed by atoms with E-state index in [0.717, 1.165) is 18.6 Å². The Balaban J connectivity index is 0.887. The molecule has 0 saturated heterocycles. The molecule has 309 valence electrons. The van der Waals surface area contributed by atoms with Gasteiger partial charge in [-0.05, 0) is 113 Å². The zero-order chi connectivity index (χ0) is 41.3. The number of allylic oxidation sites excluding steroid dienone is 8. The molecular formula is C45H56FO11. The van der Waals surface area contributed by atoms with Crippen LogP contribution in [0.4, 0.5) is 9.18 Å². The van der Waals surface area contributed by atoms with Gasteiger partial charge in [-0.2, -0.15) is 0 Å². The summed E-state index contributed by atoms with van der Waals surface area (Å²) in [6.07, 6.45) is 8.62. The molecule has 0 spiro atoms. The molecule has 0 aliphatic heterocycles. The number of ether oxygens (including phenoxy) is 2. The van der Waals surface area contributed by atoms with Crippen LogP contribution in [0.5, 0.6) is 0 Å². The summed E-state index contributed by atoms with van der Waals surface area (Å²) in [6, 6.07) is 0. The molecule has 8 aliphatic carbocycles. The Bertz CT molecular complexity index is 1940. The van der Waals surface area contributed by atoms with Crippen LogP contribution < -0.4 is 0 Å². The van der Waals surface area contributed by atoms with Gasteiger partial charge in [-0.15, -0.1) is 0 Å². The van der Waals surface area contributed by atoms with Gasteiger partial charge in [0.25, 0.3) is 0 Å². The van der Waals surface area contributed by atoms with Gasteiger partial charge in [0, 0.05) is 33.5 Å². The van der Waals surface area contributed by atoms with E-state index in [-0.39, 0.29) is 48.6 Å². The monoisotopic (exact) mass is 791 g/mol. The van der Waals surface area contributed by atoms with Crippen LogP contribution in [0.25, 0.3) is 0 Å². The summed E-state index contributed by atoms with van der Waals surface area (Å²) in [6.45, 7) is 9.07. The van der Waals surface area contributed by atoms with Gasteiger partial charge >= 0.3 is 6.16 Å². The topological polar surface area (TPSA) is 185 Å². The predicted octanol–water partition coefficient (Wildman–Crippen LogP) is 5.19. The SMILES string of the molecule is C[C@@H]1CC2C3CCC4=CC(=O)C=C[C@]4(C)[C@@]3(F)[C@@H](O)C[C@]2(C)[C@@]1(O)C(=O)COC(=O)O[CH]CC(=O)[C@@]1(O)CCC2C3CCC4=CC(=O)C=C[C@]4(C)C3[C@@H](O)C[C@@]21C. The van der Waals surface area contributed by atoms with Crippen molar-refractivity contribution < 1.29 is 58.3 Å². The molecule has 1 radical (unpaired) electrons. The summed E-state index contributed by atoms with van der Waals surface area (Å²) in [5, 5.41) is 47.4. The average molecular weight is 792 g/mol. The number of hydrogen-bond acceptors (Lipinski definition) is 11. The van der Waals surface area contributed by atoms with E-state index >= 15 is 4.39 Å². The van der Waals surface area contributed by atoms with Gasteiger partial charge in [0.1, 0.15) is 17.8 Å². The fraction of sp³-hybridized carbons (Fsp3) is 0.689. The van der Waals surface area contributed by atoms with Crippen molar-refractivity contribution in [2.24, 2.45) is 57.2 Å². The van der Waals surface area contributed by atoms with Crippen molar-refractivity contribution in [1.82, 2.24) is 0 Å². The number of alkyl halides is 1. The largest absolute Gasteiger partial charge is 0.509 e. The first-order chi connectivity index (χ1) is 26.6. The lowest BCUT2D eigenvalue weighted by molar-refractivity contribution is -0.219. The Labute approximate surface area is 332 Å². The van der Waals surface area contributed by atoms with Crippen molar-refractivity contribution in [2.75, 3.05) is 6.61 Å². The minimum Gasteiger partial charge on any atom is -0.427 e. The summed E-state index contributed by atoms with van der Waals surface area (Å²) in [4.78, 5) is 64.7. The van der Waals surface area contributed by atoms with E-state index in [4.69, 9.17) is 9.47 Å². The zero-order valence-corrected chi connectivity index (χ0v) is 33.5. The highest BCUT2D eigenvalue weighted by Gasteiger charge is 2.76. The van der Waals surface area contributed by atoms with E-state index in [2.05, 4.69) is 6.92 Å². The van der Waals surface area contributed by atoms with Crippen LogP contribution >= 0.6 is 0 Å². The number of halogens is 1. The molecule has 12 heteroatoms. The number of Topliss-reactive ketones (excluding diaryl/α,β-unsaturated/α-hetero) is 2. The molecule has 0 aromatic heterocycles. The van der Waals surface area contributed by atoms with Crippen LogP contribution in [0.15, 0.2) is 47.6 Å². The fourth-order valence-electron chi connectivity index (χ4n) is 14.6. The van der Waals surface area contributed by atoms with Gasteiger partial charge in [-0.1, -0.05) is 51.0 Å². The third-order valence-corrected chi connectivity index (χ3v) is 17.5. The van der Waals surface area contributed by atoms with Gasteiger partial charge in [0.15, 0.2) is 29.6 Å². The van der Waals surface area contributed by atoms with Crippen LogP contribution in [0.3, 0.4) is 0 Å². The maximum Gasteiger partial charge on any atom is 0.509 e. The Morgan fingerprint density at radius 3 is 2.25 bits per heavy atom. The number of carbonyl (C=O) groups is 5. The smallest absolute Gasteiger partial charge is 0.427 e. The summed E-state index contributed by atoms with van der Waals surface area (Å²) in [5.41, 5.74) is -8.23. The highest BCUT2D eigenvalue weighted by atomic mass is 19.1. The Morgan fingerprint density at radius 1 is 0.860 bits per heavy atom. The first-order valence-electron chi connectivity index (χ1n) is 20.7. The van der Waals surface area contributed by atoms with E-state index in [1.54, 1.807) is 39.0 Å². The van der Waals surface area contributed by atoms with E-state index in [1.807, 2.05) is 13.0 Å². The van der Waals surface area contributed by atoms with Gasteiger partial charge in [-0.3, -0.25) is 19.2 Å². The number of aliphatic hydroxyl groups is 4. The molecule has 8 aliphatic rings. The third kappa shape index (κ3) is 5.24. The number of hydrogen-bond donors (Lipinski definition) is 4. The van der Waals surface area contributed by atoms with Crippen molar-refractivity contribution >= 4 is 29.3 Å². The lowest BCUT2D eigenvalue weighted by atomic mass is 9.44. The van der Waals surface area contributed by atoms with E-state index in [1.165, 1.54) is 12.2 Å². The molecule has 0 aromatic rings. The van der Waals surface area contributed by atoms with Crippen molar-refractivity contribution in [2.45, 2.75) is 128 Å². The van der Waals surface area contributed by atoms with Gasteiger partial charge in [0.2, 0.25) is 5.78 Å². The lowest BCUT2D eigenvalue weighted by Gasteiger charge is -2.62. The molecule has 15 atom stereocenters. The molecule has 4 N–H and O–H groups in total. The number of ketones is 4. The van der Waals surface area contributed by atoms with Gasteiger partial charge in [-0.25, -0.2) is 9.18 Å². The summed E-state index contributed by atoms with van der Waals surface area (Å²) in [5.74, 6) is -3.69. The Morgan fingerprint density at radius 2 is 1.53 bits per heavy atom. The minimum atomic E-state index is -2.13.